The molecule has 0 spiro atoms. The maximum absolute atomic E-state index is 12.1. The lowest BCUT2D eigenvalue weighted by molar-refractivity contribution is 0.0938. The third-order valence-corrected chi connectivity index (χ3v) is 3.65. The molecule has 3 nitrogen and oxygen atoms in total. The Morgan fingerprint density at radius 1 is 1.53 bits per heavy atom. The van der Waals surface area contributed by atoms with E-state index in [4.69, 9.17) is 11.6 Å². The normalized spacial score (nSPS) is 20.5. The number of carbonyl (C=O) groups excluding carboxylic acids is 1. The zero-order valence-electron chi connectivity index (χ0n) is 10.2. The third-order valence-electron chi connectivity index (χ3n) is 3.24. The van der Waals surface area contributed by atoms with Crippen LogP contribution >= 0.6 is 11.6 Å². The van der Waals surface area contributed by atoms with Crippen molar-refractivity contribution < 1.29 is 4.79 Å². The van der Waals surface area contributed by atoms with Gasteiger partial charge in [-0.3, -0.25) is 4.79 Å². The Labute approximate surface area is 107 Å². The van der Waals surface area contributed by atoms with Crippen LogP contribution in [0.4, 0.5) is 0 Å². The van der Waals surface area contributed by atoms with Crippen molar-refractivity contribution in [3.63, 3.8) is 0 Å². The standard InChI is InChI=1S/C13H17ClN2O/c1-9-11(4-3-5-12(9)14)13(17)15-10-6-7-16(2)8-10/h3-5,10H,6-8H2,1-2H3,(H,15,17)/t10-/m1/s1. The fourth-order valence-corrected chi connectivity index (χ4v) is 2.34. The quantitative estimate of drug-likeness (QED) is 0.874. The van der Waals surface area contributed by atoms with Crippen LogP contribution < -0.4 is 5.32 Å². The zero-order chi connectivity index (χ0) is 12.4. The first-order valence-electron chi connectivity index (χ1n) is 5.82. The van der Waals surface area contributed by atoms with Crippen molar-refractivity contribution in [2.24, 2.45) is 0 Å². The second kappa shape index (κ2) is 5.07. The fourth-order valence-electron chi connectivity index (χ4n) is 2.17. The molecule has 1 aromatic rings. The molecule has 2 rings (SSSR count). The van der Waals surface area contributed by atoms with E-state index in [2.05, 4.69) is 17.3 Å². The first-order valence-corrected chi connectivity index (χ1v) is 6.20. The maximum Gasteiger partial charge on any atom is 0.251 e. The Morgan fingerprint density at radius 2 is 2.29 bits per heavy atom. The van der Waals surface area contributed by atoms with Gasteiger partial charge in [-0.15, -0.1) is 0 Å². The van der Waals surface area contributed by atoms with Gasteiger partial charge in [0, 0.05) is 23.2 Å². The van der Waals surface area contributed by atoms with Crippen LogP contribution in [0.15, 0.2) is 18.2 Å². The minimum Gasteiger partial charge on any atom is -0.348 e. The van der Waals surface area contributed by atoms with Gasteiger partial charge in [0.25, 0.3) is 5.91 Å². The maximum atomic E-state index is 12.1. The molecule has 0 saturated carbocycles. The van der Waals surface area contributed by atoms with Crippen LogP contribution in [-0.2, 0) is 0 Å². The number of nitrogens with zero attached hydrogens (tertiary/aromatic N) is 1. The molecule has 1 N–H and O–H groups in total. The van der Waals surface area contributed by atoms with Gasteiger partial charge in [-0.2, -0.15) is 0 Å². The van der Waals surface area contributed by atoms with E-state index in [-0.39, 0.29) is 11.9 Å². The van der Waals surface area contributed by atoms with Gasteiger partial charge in [0.1, 0.15) is 0 Å². The summed E-state index contributed by atoms with van der Waals surface area (Å²) in [4.78, 5) is 14.3. The Morgan fingerprint density at radius 3 is 2.94 bits per heavy atom. The number of likely N-dealkylation sites (tertiary alicyclic amines) is 1. The van der Waals surface area contributed by atoms with E-state index in [1.807, 2.05) is 19.1 Å². The van der Waals surface area contributed by atoms with Gasteiger partial charge >= 0.3 is 0 Å². The van der Waals surface area contributed by atoms with E-state index in [1.165, 1.54) is 0 Å². The summed E-state index contributed by atoms with van der Waals surface area (Å²) in [5, 5.41) is 3.69. The highest BCUT2D eigenvalue weighted by Gasteiger charge is 2.22. The second-order valence-electron chi connectivity index (χ2n) is 4.63. The molecule has 1 saturated heterocycles. The Bertz CT molecular complexity index is 433. The van der Waals surface area contributed by atoms with Crippen LogP contribution in [0.5, 0.6) is 0 Å². The van der Waals surface area contributed by atoms with E-state index in [1.54, 1.807) is 6.07 Å². The van der Waals surface area contributed by atoms with E-state index in [9.17, 15) is 4.79 Å². The summed E-state index contributed by atoms with van der Waals surface area (Å²) in [5.41, 5.74) is 1.52. The molecule has 0 radical (unpaired) electrons. The number of rotatable bonds is 2. The molecular formula is C13H17ClN2O. The lowest BCUT2D eigenvalue weighted by atomic mass is 10.1. The summed E-state index contributed by atoms with van der Waals surface area (Å²) < 4.78 is 0. The minimum absolute atomic E-state index is 0.0229. The van der Waals surface area contributed by atoms with E-state index in [0.717, 1.165) is 25.1 Å². The smallest absolute Gasteiger partial charge is 0.251 e. The summed E-state index contributed by atoms with van der Waals surface area (Å²) in [6.45, 7) is 3.84. The minimum atomic E-state index is -0.0229. The average molecular weight is 253 g/mol. The summed E-state index contributed by atoms with van der Waals surface area (Å²) >= 11 is 6.01. The Balaban J connectivity index is 2.07. The molecular weight excluding hydrogens is 236 g/mol. The number of amides is 1. The highest BCUT2D eigenvalue weighted by atomic mass is 35.5. The van der Waals surface area contributed by atoms with Crippen LogP contribution in [0.3, 0.4) is 0 Å². The number of benzene rings is 1. The first-order chi connectivity index (χ1) is 8.08. The molecule has 0 bridgehead atoms. The zero-order valence-corrected chi connectivity index (χ0v) is 10.9. The van der Waals surface area contributed by atoms with Gasteiger partial charge in [0.15, 0.2) is 0 Å². The average Bonchev–Trinajstić information content (AvgIpc) is 2.68. The highest BCUT2D eigenvalue weighted by molar-refractivity contribution is 6.31. The molecule has 0 aliphatic carbocycles. The van der Waals surface area contributed by atoms with Crippen molar-refractivity contribution >= 4 is 17.5 Å². The second-order valence-corrected chi connectivity index (χ2v) is 5.04. The number of hydrogen-bond acceptors (Lipinski definition) is 2. The van der Waals surface area contributed by atoms with Gasteiger partial charge in [-0.1, -0.05) is 17.7 Å². The topological polar surface area (TPSA) is 32.3 Å². The number of hydrogen-bond donors (Lipinski definition) is 1. The van der Waals surface area contributed by atoms with E-state index >= 15 is 0 Å². The van der Waals surface area contributed by atoms with Crippen molar-refractivity contribution in [1.82, 2.24) is 10.2 Å². The molecule has 1 amide bonds. The summed E-state index contributed by atoms with van der Waals surface area (Å²) in [6.07, 6.45) is 1.02. The lowest BCUT2D eigenvalue weighted by Crippen LogP contribution is -2.36. The number of likely N-dealkylation sites (N-methyl/N-ethyl adjacent to an activating group) is 1. The SMILES string of the molecule is Cc1c(Cl)cccc1C(=O)N[C@@H]1CCN(C)C1. The predicted octanol–water partition coefficient (Wildman–Crippen LogP) is 2.08. The van der Waals surface area contributed by atoms with Crippen LogP contribution in [0.25, 0.3) is 0 Å². The Kier molecular flexibility index (Phi) is 3.69. The predicted molar refractivity (Wildman–Crippen MR) is 69.6 cm³/mol. The van der Waals surface area contributed by atoms with Crippen molar-refractivity contribution in [1.29, 1.82) is 0 Å². The van der Waals surface area contributed by atoms with Crippen molar-refractivity contribution in [2.45, 2.75) is 19.4 Å². The summed E-state index contributed by atoms with van der Waals surface area (Å²) in [7, 11) is 2.07. The van der Waals surface area contributed by atoms with Gasteiger partial charge in [-0.05, 0) is 44.6 Å². The molecule has 0 unspecified atom stereocenters. The third kappa shape index (κ3) is 2.79. The number of halogens is 1. The first kappa shape index (κ1) is 12.4. The molecule has 1 heterocycles. The largest absolute Gasteiger partial charge is 0.348 e. The van der Waals surface area contributed by atoms with Crippen LogP contribution in [0, 0.1) is 6.92 Å². The number of carbonyl (C=O) groups is 1. The van der Waals surface area contributed by atoms with Gasteiger partial charge < -0.3 is 10.2 Å². The van der Waals surface area contributed by atoms with Crippen molar-refractivity contribution in [3.05, 3.63) is 34.3 Å². The fraction of sp³-hybridized carbons (Fsp3) is 0.462. The van der Waals surface area contributed by atoms with Gasteiger partial charge in [-0.25, -0.2) is 0 Å². The Hall–Kier alpha value is -1.06. The molecule has 1 aliphatic rings. The molecule has 92 valence electrons. The molecule has 1 atom stereocenters. The van der Waals surface area contributed by atoms with Crippen molar-refractivity contribution in [3.8, 4) is 0 Å². The summed E-state index contributed by atoms with van der Waals surface area (Å²) in [6, 6.07) is 5.68. The molecule has 0 aromatic heterocycles. The monoisotopic (exact) mass is 252 g/mol. The van der Waals surface area contributed by atoms with Gasteiger partial charge in [0.2, 0.25) is 0 Å². The highest BCUT2D eigenvalue weighted by Crippen LogP contribution is 2.19. The van der Waals surface area contributed by atoms with Crippen molar-refractivity contribution in [2.75, 3.05) is 20.1 Å². The molecule has 4 heteroatoms. The van der Waals surface area contributed by atoms with E-state index in [0.29, 0.717) is 10.6 Å². The van der Waals surface area contributed by atoms with Crippen LogP contribution in [0.1, 0.15) is 22.3 Å². The lowest BCUT2D eigenvalue weighted by Gasteiger charge is -2.14. The molecule has 1 aliphatic heterocycles. The molecule has 17 heavy (non-hydrogen) atoms. The molecule has 1 fully saturated rings. The van der Waals surface area contributed by atoms with E-state index < -0.39 is 0 Å². The van der Waals surface area contributed by atoms with Crippen LogP contribution in [0.2, 0.25) is 5.02 Å². The summed E-state index contributed by atoms with van der Waals surface area (Å²) in [5.74, 6) is -0.0229. The van der Waals surface area contributed by atoms with Gasteiger partial charge in [0.05, 0.1) is 0 Å². The molecule has 1 aromatic carbocycles. The van der Waals surface area contributed by atoms with Crippen LogP contribution in [-0.4, -0.2) is 37.0 Å². The number of nitrogens with one attached hydrogen (secondary N) is 1.